The van der Waals surface area contributed by atoms with Crippen LogP contribution in [0.5, 0.6) is 0 Å². The van der Waals surface area contributed by atoms with Gasteiger partial charge >= 0.3 is 0 Å². The number of aryl methyl sites for hydroxylation is 1. The molecule has 3 atom stereocenters. The summed E-state index contributed by atoms with van der Waals surface area (Å²) in [7, 11) is 0. The molecule has 9 heteroatoms. The fraction of sp³-hybridized carbons (Fsp3) is 0.385. The van der Waals surface area contributed by atoms with Crippen LogP contribution in [0.15, 0.2) is 53.1 Å². The number of rotatable bonds is 7. The first-order valence-electron chi connectivity index (χ1n) is 11.6. The number of hydrogen-bond acceptors (Lipinski definition) is 5. The number of pyridine rings is 1. The van der Waals surface area contributed by atoms with Crippen molar-refractivity contribution in [3.8, 4) is 0 Å². The number of oxazole rings is 1. The van der Waals surface area contributed by atoms with E-state index >= 15 is 0 Å². The fourth-order valence-electron chi connectivity index (χ4n) is 4.29. The molecule has 4 rings (SSSR count). The van der Waals surface area contributed by atoms with E-state index in [2.05, 4.69) is 15.3 Å². The van der Waals surface area contributed by atoms with Crippen LogP contribution < -0.4 is 5.32 Å². The molecule has 7 nitrogen and oxygen atoms in total. The molecule has 3 aromatic rings. The first-order chi connectivity index (χ1) is 16.7. The van der Waals surface area contributed by atoms with Gasteiger partial charge in [-0.1, -0.05) is 50.2 Å². The Kier molecular flexibility index (Phi) is 7.23. The van der Waals surface area contributed by atoms with E-state index in [1.165, 1.54) is 11.1 Å². The second-order valence-electron chi connectivity index (χ2n) is 9.06. The summed E-state index contributed by atoms with van der Waals surface area (Å²) in [5, 5.41) is 2.87. The van der Waals surface area contributed by atoms with Crippen molar-refractivity contribution in [1.29, 1.82) is 0 Å². The number of likely N-dealkylation sites (tertiary alicyclic amines) is 1. The standard InChI is InChI=1S/C26H28F2N4O3/c1-15(2)19-9-10-20(30-25(19)28)24(17-7-5-4-6-8-17)31-26(34)21-11-18(27)14-32(21)23(33)12-22-29-13-16(3)35-22/h4-10,13,15,18,21,24H,11-12,14H2,1-3H3,(H,31,34)/t18-,21+,24+/m1/s1. The number of nitrogens with zero attached hydrogens (tertiary/aromatic N) is 3. The molecule has 1 aliphatic heterocycles. The second kappa shape index (κ2) is 10.3. The predicted molar refractivity (Wildman–Crippen MR) is 125 cm³/mol. The van der Waals surface area contributed by atoms with Crippen LogP contribution in [-0.4, -0.2) is 45.4 Å². The molecule has 35 heavy (non-hydrogen) atoms. The lowest BCUT2D eigenvalue weighted by atomic mass is 9.99. The van der Waals surface area contributed by atoms with Gasteiger partial charge in [-0.15, -0.1) is 0 Å². The fourth-order valence-corrected chi connectivity index (χ4v) is 4.29. The summed E-state index contributed by atoms with van der Waals surface area (Å²) >= 11 is 0. The zero-order chi connectivity index (χ0) is 25.1. The molecule has 0 aliphatic carbocycles. The topological polar surface area (TPSA) is 88.3 Å². The molecule has 2 amide bonds. The van der Waals surface area contributed by atoms with E-state index in [1.807, 2.05) is 19.9 Å². The highest BCUT2D eigenvalue weighted by molar-refractivity contribution is 5.89. The quantitative estimate of drug-likeness (QED) is 0.514. The second-order valence-corrected chi connectivity index (χ2v) is 9.06. The Labute approximate surface area is 202 Å². The van der Waals surface area contributed by atoms with Gasteiger partial charge in [-0.2, -0.15) is 4.39 Å². The van der Waals surface area contributed by atoms with Crippen molar-refractivity contribution in [2.24, 2.45) is 0 Å². The highest BCUT2D eigenvalue weighted by Gasteiger charge is 2.41. The minimum atomic E-state index is -1.34. The number of alkyl halides is 1. The average molecular weight is 483 g/mol. The van der Waals surface area contributed by atoms with Crippen LogP contribution in [0.3, 0.4) is 0 Å². The van der Waals surface area contributed by atoms with E-state index in [4.69, 9.17) is 4.42 Å². The van der Waals surface area contributed by atoms with E-state index in [0.717, 1.165) is 0 Å². The van der Waals surface area contributed by atoms with E-state index in [-0.39, 0.29) is 31.2 Å². The minimum absolute atomic E-state index is 0.0479. The lowest BCUT2D eigenvalue weighted by molar-refractivity contribution is -0.138. The van der Waals surface area contributed by atoms with Gasteiger partial charge in [-0.3, -0.25) is 9.59 Å². The molecule has 0 bridgehead atoms. The summed E-state index contributed by atoms with van der Waals surface area (Å²) in [6.07, 6.45) is -0.138. The Morgan fingerprint density at radius 1 is 1.20 bits per heavy atom. The molecule has 1 saturated heterocycles. The zero-order valence-electron chi connectivity index (χ0n) is 19.9. The molecule has 1 fully saturated rings. The number of hydrogen-bond donors (Lipinski definition) is 1. The summed E-state index contributed by atoms with van der Waals surface area (Å²) in [5.74, 6) is -0.870. The van der Waals surface area contributed by atoms with Crippen LogP contribution in [0, 0.1) is 12.9 Å². The van der Waals surface area contributed by atoms with Gasteiger partial charge in [0, 0.05) is 12.0 Å². The third-order valence-corrected chi connectivity index (χ3v) is 6.08. The highest BCUT2D eigenvalue weighted by atomic mass is 19.1. The number of nitrogens with one attached hydrogen (secondary N) is 1. The molecular formula is C26H28F2N4O3. The molecule has 2 aromatic heterocycles. The monoisotopic (exact) mass is 482 g/mol. The Bertz CT molecular complexity index is 1200. The lowest BCUT2D eigenvalue weighted by Gasteiger charge is -2.26. The molecular weight excluding hydrogens is 454 g/mol. The van der Waals surface area contributed by atoms with Crippen LogP contribution in [0.2, 0.25) is 0 Å². The SMILES string of the molecule is Cc1cnc(CC(=O)N2C[C@H](F)C[C@H]2C(=O)N[C@@H](c2ccccc2)c2ccc(C(C)C)c(F)n2)o1. The number of carbonyl (C=O) groups excluding carboxylic acids is 2. The summed E-state index contributed by atoms with van der Waals surface area (Å²) < 4.78 is 34.4. The van der Waals surface area contributed by atoms with Crippen LogP contribution >= 0.6 is 0 Å². The van der Waals surface area contributed by atoms with Gasteiger partial charge in [-0.25, -0.2) is 14.4 Å². The number of amides is 2. The first kappa shape index (κ1) is 24.5. The summed E-state index contributed by atoms with van der Waals surface area (Å²) in [6, 6.07) is 10.6. The minimum Gasteiger partial charge on any atom is -0.445 e. The van der Waals surface area contributed by atoms with Crippen molar-refractivity contribution < 1.29 is 22.8 Å². The summed E-state index contributed by atoms with van der Waals surface area (Å²) in [5.41, 5.74) is 1.48. The van der Waals surface area contributed by atoms with E-state index in [0.29, 0.717) is 22.6 Å². The van der Waals surface area contributed by atoms with Crippen molar-refractivity contribution in [2.75, 3.05) is 6.54 Å². The summed E-state index contributed by atoms with van der Waals surface area (Å²) in [6.45, 7) is 5.26. The van der Waals surface area contributed by atoms with Gasteiger partial charge in [0.1, 0.15) is 24.4 Å². The van der Waals surface area contributed by atoms with Gasteiger partial charge in [0.2, 0.25) is 23.7 Å². The van der Waals surface area contributed by atoms with Gasteiger partial charge < -0.3 is 14.6 Å². The predicted octanol–water partition coefficient (Wildman–Crippen LogP) is 4.03. The summed E-state index contributed by atoms with van der Waals surface area (Å²) in [4.78, 5) is 35.6. The molecule has 0 saturated carbocycles. The van der Waals surface area contributed by atoms with E-state index in [1.54, 1.807) is 43.3 Å². The third kappa shape index (κ3) is 5.55. The maximum atomic E-state index is 14.7. The van der Waals surface area contributed by atoms with Gasteiger partial charge in [0.05, 0.1) is 24.5 Å². The Balaban J connectivity index is 1.58. The Hall–Kier alpha value is -3.62. The molecule has 0 spiro atoms. The average Bonchev–Trinajstić information content (AvgIpc) is 3.42. The van der Waals surface area contributed by atoms with Crippen LogP contribution in [0.25, 0.3) is 0 Å². The normalized spacial score (nSPS) is 18.6. The van der Waals surface area contributed by atoms with Gasteiger partial charge in [-0.05, 0) is 24.5 Å². The number of benzene rings is 1. The lowest BCUT2D eigenvalue weighted by Crippen LogP contribution is -2.47. The Morgan fingerprint density at radius 3 is 2.57 bits per heavy atom. The van der Waals surface area contributed by atoms with Crippen molar-refractivity contribution in [2.45, 2.75) is 57.8 Å². The van der Waals surface area contributed by atoms with Crippen molar-refractivity contribution >= 4 is 11.8 Å². The largest absolute Gasteiger partial charge is 0.445 e. The molecule has 0 unspecified atom stereocenters. The number of carbonyl (C=O) groups is 2. The van der Waals surface area contributed by atoms with Gasteiger partial charge in [0.15, 0.2) is 0 Å². The van der Waals surface area contributed by atoms with Crippen molar-refractivity contribution in [1.82, 2.24) is 20.2 Å². The third-order valence-electron chi connectivity index (χ3n) is 6.08. The molecule has 0 radical (unpaired) electrons. The highest BCUT2D eigenvalue weighted by Crippen LogP contribution is 2.27. The smallest absolute Gasteiger partial charge is 0.243 e. The van der Waals surface area contributed by atoms with Crippen LogP contribution in [0.4, 0.5) is 8.78 Å². The molecule has 3 heterocycles. The number of halogens is 2. The first-order valence-corrected chi connectivity index (χ1v) is 11.6. The molecule has 1 aromatic carbocycles. The molecule has 1 N–H and O–H groups in total. The maximum Gasteiger partial charge on any atom is 0.243 e. The number of aromatic nitrogens is 2. The molecule has 1 aliphatic rings. The molecule has 184 valence electrons. The van der Waals surface area contributed by atoms with Crippen LogP contribution in [0.1, 0.15) is 60.7 Å². The van der Waals surface area contributed by atoms with Crippen molar-refractivity contribution in [3.05, 3.63) is 83.1 Å². The van der Waals surface area contributed by atoms with E-state index < -0.39 is 36.0 Å². The zero-order valence-corrected chi connectivity index (χ0v) is 19.9. The van der Waals surface area contributed by atoms with Crippen LogP contribution in [-0.2, 0) is 16.0 Å². The van der Waals surface area contributed by atoms with Gasteiger partial charge in [0.25, 0.3) is 0 Å². The van der Waals surface area contributed by atoms with E-state index in [9.17, 15) is 18.4 Å². The Morgan fingerprint density at radius 2 is 1.94 bits per heavy atom. The van der Waals surface area contributed by atoms with Crippen molar-refractivity contribution in [3.63, 3.8) is 0 Å². The maximum absolute atomic E-state index is 14.7.